The molecule has 0 radical (unpaired) electrons. The number of nitrogens with one attached hydrogen (secondary N) is 1. The summed E-state index contributed by atoms with van der Waals surface area (Å²) in [5.41, 5.74) is 3.41. The number of carbonyl (C=O) groups is 1. The molecular formula is C20H23NO2. The molecule has 0 aliphatic carbocycles. The molecule has 1 unspecified atom stereocenters. The van der Waals surface area contributed by atoms with Gasteiger partial charge in [0.05, 0.1) is 13.0 Å². The third-order valence-electron chi connectivity index (χ3n) is 4.27. The molecule has 1 heterocycles. The first-order valence-corrected chi connectivity index (χ1v) is 8.30. The minimum Gasteiger partial charge on any atom is -0.381 e. The van der Waals surface area contributed by atoms with Crippen LogP contribution in [0.5, 0.6) is 0 Å². The summed E-state index contributed by atoms with van der Waals surface area (Å²) in [6, 6.07) is 18.5. The number of ether oxygens (including phenoxy) is 1. The van der Waals surface area contributed by atoms with Crippen molar-refractivity contribution in [3.05, 3.63) is 60.2 Å². The van der Waals surface area contributed by atoms with Crippen LogP contribution >= 0.6 is 0 Å². The van der Waals surface area contributed by atoms with E-state index in [0.29, 0.717) is 12.3 Å². The second-order valence-corrected chi connectivity index (χ2v) is 6.13. The third-order valence-corrected chi connectivity index (χ3v) is 4.27. The molecule has 2 aromatic carbocycles. The maximum Gasteiger partial charge on any atom is 0.224 e. The average molecular weight is 309 g/mol. The summed E-state index contributed by atoms with van der Waals surface area (Å²) < 4.78 is 5.44. The van der Waals surface area contributed by atoms with Gasteiger partial charge in [-0.1, -0.05) is 54.6 Å². The first kappa shape index (κ1) is 15.8. The van der Waals surface area contributed by atoms with E-state index >= 15 is 0 Å². The fraction of sp³-hybridized carbons (Fsp3) is 0.350. The molecule has 1 saturated heterocycles. The van der Waals surface area contributed by atoms with E-state index < -0.39 is 0 Å². The number of benzene rings is 2. The van der Waals surface area contributed by atoms with Gasteiger partial charge >= 0.3 is 0 Å². The SMILES string of the molecule is O=C(Cc1ccc(-c2ccccc2)cc1)NCC1CCCOC1. The summed E-state index contributed by atoms with van der Waals surface area (Å²) in [6.07, 6.45) is 2.68. The van der Waals surface area contributed by atoms with Crippen LogP contribution < -0.4 is 5.32 Å². The summed E-state index contributed by atoms with van der Waals surface area (Å²) in [6.45, 7) is 2.35. The van der Waals surface area contributed by atoms with Crippen molar-refractivity contribution < 1.29 is 9.53 Å². The van der Waals surface area contributed by atoms with E-state index in [0.717, 1.165) is 38.2 Å². The van der Waals surface area contributed by atoms with Gasteiger partial charge in [-0.3, -0.25) is 4.79 Å². The lowest BCUT2D eigenvalue weighted by Gasteiger charge is -2.22. The number of amides is 1. The fourth-order valence-corrected chi connectivity index (χ4v) is 2.92. The molecule has 0 aromatic heterocycles. The molecule has 0 bridgehead atoms. The van der Waals surface area contributed by atoms with E-state index in [9.17, 15) is 4.79 Å². The van der Waals surface area contributed by atoms with Gasteiger partial charge in [-0.2, -0.15) is 0 Å². The summed E-state index contributed by atoms with van der Waals surface area (Å²) in [4.78, 5) is 12.1. The summed E-state index contributed by atoms with van der Waals surface area (Å²) in [7, 11) is 0. The van der Waals surface area contributed by atoms with Crippen molar-refractivity contribution in [1.82, 2.24) is 5.32 Å². The van der Waals surface area contributed by atoms with E-state index in [4.69, 9.17) is 4.74 Å². The second kappa shape index (κ2) is 7.93. The highest BCUT2D eigenvalue weighted by atomic mass is 16.5. The van der Waals surface area contributed by atoms with Gasteiger partial charge in [-0.05, 0) is 35.4 Å². The van der Waals surface area contributed by atoms with Crippen LogP contribution in [0.1, 0.15) is 18.4 Å². The van der Waals surface area contributed by atoms with Crippen molar-refractivity contribution in [3.8, 4) is 11.1 Å². The molecule has 1 fully saturated rings. The minimum atomic E-state index is 0.0861. The topological polar surface area (TPSA) is 38.3 Å². The van der Waals surface area contributed by atoms with E-state index in [1.54, 1.807) is 0 Å². The lowest BCUT2D eigenvalue weighted by atomic mass is 10.0. The molecule has 3 heteroatoms. The Morgan fingerprint density at radius 3 is 2.48 bits per heavy atom. The van der Waals surface area contributed by atoms with Gasteiger partial charge in [0.1, 0.15) is 0 Å². The van der Waals surface area contributed by atoms with Gasteiger partial charge in [0.25, 0.3) is 0 Å². The smallest absolute Gasteiger partial charge is 0.224 e. The molecule has 3 rings (SSSR count). The number of rotatable bonds is 5. The molecule has 1 N–H and O–H groups in total. The third kappa shape index (κ3) is 4.67. The van der Waals surface area contributed by atoms with Gasteiger partial charge in [0.15, 0.2) is 0 Å². The quantitative estimate of drug-likeness (QED) is 0.919. The van der Waals surface area contributed by atoms with Gasteiger partial charge in [-0.25, -0.2) is 0 Å². The highest BCUT2D eigenvalue weighted by Gasteiger charge is 2.14. The standard InChI is InChI=1S/C20H23NO2/c22-20(21-14-17-5-4-12-23-15-17)13-16-8-10-19(11-9-16)18-6-2-1-3-7-18/h1-3,6-11,17H,4-5,12-15H2,(H,21,22). The van der Waals surface area contributed by atoms with Crippen LogP contribution in [0.15, 0.2) is 54.6 Å². The molecule has 1 aliphatic rings. The monoisotopic (exact) mass is 309 g/mol. The van der Waals surface area contributed by atoms with Crippen LogP contribution in [0, 0.1) is 5.92 Å². The Bertz CT molecular complexity index is 616. The Labute approximate surface area is 137 Å². The largest absolute Gasteiger partial charge is 0.381 e. The highest BCUT2D eigenvalue weighted by Crippen LogP contribution is 2.19. The van der Waals surface area contributed by atoms with Gasteiger partial charge < -0.3 is 10.1 Å². The highest BCUT2D eigenvalue weighted by molar-refractivity contribution is 5.78. The van der Waals surface area contributed by atoms with Crippen LogP contribution in [0.4, 0.5) is 0 Å². The van der Waals surface area contributed by atoms with Crippen LogP contribution in [0.25, 0.3) is 11.1 Å². The van der Waals surface area contributed by atoms with Crippen molar-refractivity contribution in [3.63, 3.8) is 0 Å². The zero-order chi connectivity index (χ0) is 15.9. The minimum absolute atomic E-state index is 0.0861. The first-order chi connectivity index (χ1) is 11.3. The van der Waals surface area contributed by atoms with Crippen molar-refractivity contribution >= 4 is 5.91 Å². The van der Waals surface area contributed by atoms with Crippen LogP contribution in [-0.4, -0.2) is 25.7 Å². The number of carbonyl (C=O) groups excluding carboxylic acids is 1. The molecule has 23 heavy (non-hydrogen) atoms. The second-order valence-electron chi connectivity index (χ2n) is 6.13. The van der Waals surface area contributed by atoms with Crippen LogP contribution in [0.3, 0.4) is 0 Å². The van der Waals surface area contributed by atoms with E-state index in [1.165, 1.54) is 11.1 Å². The van der Waals surface area contributed by atoms with Crippen molar-refractivity contribution in [2.75, 3.05) is 19.8 Å². The summed E-state index contributed by atoms with van der Waals surface area (Å²) >= 11 is 0. The molecule has 120 valence electrons. The molecule has 3 nitrogen and oxygen atoms in total. The van der Waals surface area contributed by atoms with E-state index in [2.05, 4.69) is 29.6 Å². The molecule has 1 atom stereocenters. The van der Waals surface area contributed by atoms with E-state index in [-0.39, 0.29) is 5.91 Å². The molecule has 1 aliphatic heterocycles. The van der Waals surface area contributed by atoms with Crippen molar-refractivity contribution in [2.45, 2.75) is 19.3 Å². The molecule has 0 saturated carbocycles. The van der Waals surface area contributed by atoms with Gasteiger partial charge in [0, 0.05) is 13.2 Å². The zero-order valence-corrected chi connectivity index (χ0v) is 13.3. The molecule has 0 spiro atoms. The number of hydrogen-bond donors (Lipinski definition) is 1. The Hall–Kier alpha value is -2.13. The Morgan fingerprint density at radius 1 is 1.04 bits per heavy atom. The predicted molar refractivity (Wildman–Crippen MR) is 92.1 cm³/mol. The average Bonchev–Trinajstić information content (AvgIpc) is 2.62. The lowest BCUT2D eigenvalue weighted by molar-refractivity contribution is -0.120. The normalized spacial score (nSPS) is 17.7. The van der Waals surface area contributed by atoms with Crippen molar-refractivity contribution in [1.29, 1.82) is 0 Å². The predicted octanol–water partition coefficient (Wildman–Crippen LogP) is 3.44. The summed E-state index contributed by atoms with van der Waals surface area (Å²) in [5, 5.41) is 3.03. The molecular weight excluding hydrogens is 286 g/mol. The zero-order valence-electron chi connectivity index (χ0n) is 13.3. The van der Waals surface area contributed by atoms with Gasteiger partial charge in [-0.15, -0.1) is 0 Å². The maximum absolute atomic E-state index is 12.1. The lowest BCUT2D eigenvalue weighted by Crippen LogP contribution is -2.34. The van der Waals surface area contributed by atoms with E-state index in [1.807, 2.05) is 30.3 Å². The van der Waals surface area contributed by atoms with Crippen LogP contribution in [0.2, 0.25) is 0 Å². The van der Waals surface area contributed by atoms with Crippen molar-refractivity contribution in [2.24, 2.45) is 5.92 Å². The molecule has 1 amide bonds. The first-order valence-electron chi connectivity index (χ1n) is 8.30. The van der Waals surface area contributed by atoms with Gasteiger partial charge in [0.2, 0.25) is 5.91 Å². The Morgan fingerprint density at radius 2 is 1.78 bits per heavy atom. The Balaban J connectivity index is 1.50. The van der Waals surface area contributed by atoms with Crippen LogP contribution in [-0.2, 0) is 16.0 Å². The Kier molecular flexibility index (Phi) is 5.43. The number of hydrogen-bond acceptors (Lipinski definition) is 2. The summed E-state index contributed by atoms with van der Waals surface area (Å²) in [5.74, 6) is 0.552. The maximum atomic E-state index is 12.1. The molecule has 2 aromatic rings. The fourth-order valence-electron chi connectivity index (χ4n) is 2.92.